The van der Waals surface area contributed by atoms with Crippen LogP contribution in [0.2, 0.25) is 5.02 Å². The maximum absolute atomic E-state index is 13.0. The minimum Gasteiger partial charge on any atom is -0.497 e. The van der Waals surface area contributed by atoms with Gasteiger partial charge in [-0.2, -0.15) is 11.8 Å². The first-order valence-corrected chi connectivity index (χ1v) is 14.2. The van der Waals surface area contributed by atoms with Gasteiger partial charge in [0.05, 0.1) is 18.9 Å². The number of aromatic nitrogens is 3. The largest absolute Gasteiger partial charge is 0.497 e. The van der Waals surface area contributed by atoms with Gasteiger partial charge in [-0.3, -0.25) is 9.59 Å². The molecule has 2 amide bonds. The van der Waals surface area contributed by atoms with E-state index in [4.69, 9.17) is 16.3 Å². The maximum Gasteiger partial charge on any atom is 0.251 e. The number of anilines is 1. The summed E-state index contributed by atoms with van der Waals surface area (Å²) in [5.74, 6) is 2.00. The second-order valence-electron chi connectivity index (χ2n) is 7.87. The van der Waals surface area contributed by atoms with Crippen molar-refractivity contribution in [3.05, 3.63) is 64.4 Å². The summed E-state index contributed by atoms with van der Waals surface area (Å²) in [6.07, 6.45) is 2.72. The molecule has 0 aliphatic carbocycles. The van der Waals surface area contributed by atoms with Crippen molar-refractivity contribution in [1.82, 2.24) is 20.1 Å². The highest BCUT2D eigenvalue weighted by molar-refractivity contribution is 7.99. The second kappa shape index (κ2) is 13.6. The lowest BCUT2D eigenvalue weighted by atomic mass is 10.1. The van der Waals surface area contributed by atoms with Crippen LogP contribution < -0.4 is 15.4 Å². The summed E-state index contributed by atoms with van der Waals surface area (Å²) < 4.78 is 7.12. The Morgan fingerprint density at radius 1 is 1.17 bits per heavy atom. The van der Waals surface area contributed by atoms with Gasteiger partial charge in [0.2, 0.25) is 5.91 Å². The minimum absolute atomic E-state index is 0.163. The van der Waals surface area contributed by atoms with Crippen molar-refractivity contribution in [3.63, 3.8) is 0 Å². The molecule has 1 atom stereocenters. The van der Waals surface area contributed by atoms with Crippen LogP contribution in [-0.4, -0.2) is 51.5 Å². The van der Waals surface area contributed by atoms with Gasteiger partial charge >= 0.3 is 0 Å². The second-order valence-corrected chi connectivity index (χ2v) is 10.2. The van der Waals surface area contributed by atoms with Crippen molar-refractivity contribution in [2.75, 3.05) is 30.2 Å². The molecule has 0 saturated carbocycles. The Bertz CT molecular complexity index is 1190. The average molecular weight is 548 g/mol. The van der Waals surface area contributed by atoms with Crippen LogP contribution in [0.4, 0.5) is 5.69 Å². The Balaban J connectivity index is 1.72. The van der Waals surface area contributed by atoms with Gasteiger partial charge < -0.3 is 19.9 Å². The average Bonchev–Trinajstić information content (AvgIpc) is 3.30. The molecule has 36 heavy (non-hydrogen) atoms. The standard InChI is InChI=1S/C25H30ClN5O3S2/c1-5-31-23(21(13-14-35-4)28-24(33)17-9-11-18(34-3)12-10-17)29-30-25(31)36-15-22(32)27-20-8-6-7-19(26)16(20)2/h6-12,21H,5,13-15H2,1-4H3,(H,27,32)(H,28,33)/t21-/m1/s1. The van der Waals surface area contributed by atoms with Crippen LogP contribution in [0.3, 0.4) is 0 Å². The van der Waals surface area contributed by atoms with Crippen LogP contribution in [0.15, 0.2) is 47.6 Å². The molecule has 8 nitrogen and oxygen atoms in total. The van der Waals surface area contributed by atoms with E-state index in [2.05, 4.69) is 20.8 Å². The summed E-state index contributed by atoms with van der Waals surface area (Å²) in [7, 11) is 1.59. The molecule has 0 aliphatic heterocycles. The van der Waals surface area contributed by atoms with Crippen molar-refractivity contribution in [1.29, 1.82) is 0 Å². The summed E-state index contributed by atoms with van der Waals surface area (Å²) in [5, 5.41) is 16.0. The van der Waals surface area contributed by atoms with E-state index >= 15 is 0 Å². The van der Waals surface area contributed by atoms with Crippen LogP contribution in [-0.2, 0) is 11.3 Å². The lowest BCUT2D eigenvalue weighted by Crippen LogP contribution is -2.31. The predicted octanol–water partition coefficient (Wildman–Crippen LogP) is 5.22. The summed E-state index contributed by atoms with van der Waals surface area (Å²) >= 11 is 9.15. The number of benzene rings is 2. The highest BCUT2D eigenvalue weighted by Gasteiger charge is 2.23. The zero-order valence-corrected chi connectivity index (χ0v) is 23.1. The number of carbonyl (C=O) groups is 2. The van der Waals surface area contributed by atoms with Crippen molar-refractivity contribution in [3.8, 4) is 5.75 Å². The molecule has 2 aromatic carbocycles. The number of rotatable bonds is 12. The van der Waals surface area contributed by atoms with Gasteiger partial charge in [-0.05, 0) is 74.2 Å². The molecule has 0 spiro atoms. The molecular formula is C25H30ClN5O3S2. The number of carbonyl (C=O) groups excluding carboxylic acids is 2. The third-order valence-electron chi connectivity index (χ3n) is 5.52. The third-order valence-corrected chi connectivity index (χ3v) is 7.54. The molecule has 0 saturated heterocycles. The zero-order valence-electron chi connectivity index (χ0n) is 20.7. The summed E-state index contributed by atoms with van der Waals surface area (Å²) in [4.78, 5) is 25.5. The van der Waals surface area contributed by atoms with Gasteiger partial charge in [-0.15, -0.1) is 10.2 Å². The number of amides is 2. The van der Waals surface area contributed by atoms with Crippen molar-refractivity contribution < 1.29 is 14.3 Å². The number of halogens is 1. The topological polar surface area (TPSA) is 98.1 Å². The maximum atomic E-state index is 13.0. The number of thioether (sulfide) groups is 2. The van der Waals surface area contributed by atoms with E-state index in [0.717, 1.165) is 11.3 Å². The smallest absolute Gasteiger partial charge is 0.251 e. The van der Waals surface area contributed by atoms with Crippen molar-refractivity contribution in [2.24, 2.45) is 0 Å². The van der Waals surface area contributed by atoms with E-state index in [9.17, 15) is 9.59 Å². The molecule has 0 radical (unpaired) electrons. The van der Waals surface area contributed by atoms with E-state index in [1.165, 1.54) is 11.8 Å². The van der Waals surface area contributed by atoms with Crippen molar-refractivity contribution in [2.45, 2.75) is 38.0 Å². The number of ether oxygens (including phenoxy) is 1. The summed E-state index contributed by atoms with van der Waals surface area (Å²) in [5.41, 5.74) is 2.04. The van der Waals surface area contributed by atoms with E-state index in [0.29, 0.717) is 46.0 Å². The fourth-order valence-corrected chi connectivity index (χ4v) is 4.96. The molecule has 3 aromatic rings. The van der Waals surface area contributed by atoms with Crippen LogP contribution in [0.5, 0.6) is 5.75 Å². The lowest BCUT2D eigenvalue weighted by Gasteiger charge is -2.19. The summed E-state index contributed by atoms with van der Waals surface area (Å²) in [6, 6.07) is 12.0. The Morgan fingerprint density at radius 3 is 2.58 bits per heavy atom. The molecule has 192 valence electrons. The Labute approximate surface area is 224 Å². The molecule has 0 fully saturated rings. The quantitative estimate of drug-likeness (QED) is 0.300. The first-order valence-electron chi connectivity index (χ1n) is 11.4. The molecule has 0 bridgehead atoms. The van der Waals surface area contributed by atoms with Crippen molar-refractivity contribution >= 4 is 52.6 Å². The van der Waals surface area contributed by atoms with Crippen LogP contribution in [0.1, 0.15) is 41.1 Å². The fourth-order valence-electron chi connectivity index (χ4n) is 3.51. The Hall–Kier alpha value is -2.69. The molecule has 3 rings (SSSR count). The molecule has 2 N–H and O–H groups in total. The molecule has 0 aliphatic rings. The third kappa shape index (κ3) is 7.18. The van der Waals surface area contributed by atoms with Gasteiger partial charge in [-0.1, -0.05) is 29.4 Å². The molecule has 0 unspecified atom stereocenters. The highest BCUT2D eigenvalue weighted by atomic mass is 35.5. The van der Waals surface area contributed by atoms with E-state index < -0.39 is 0 Å². The highest BCUT2D eigenvalue weighted by Crippen LogP contribution is 2.26. The number of hydrogen-bond acceptors (Lipinski definition) is 7. The van der Waals surface area contributed by atoms with Crippen LogP contribution in [0.25, 0.3) is 0 Å². The molecular weight excluding hydrogens is 518 g/mol. The monoisotopic (exact) mass is 547 g/mol. The van der Waals surface area contributed by atoms with E-state index in [-0.39, 0.29) is 23.6 Å². The number of methoxy groups -OCH3 is 1. The van der Waals surface area contributed by atoms with E-state index in [1.54, 1.807) is 55.3 Å². The van der Waals surface area contributed by atoms with Gasteiger partial charge in [0.1, 0.15) is 5.75 Å². The normalized spacial score (nSPS) is 11.7. The summed E-state index contributed by atoms with van der Waals surface area (Å²) in [6.45, 7) is 4.46. The number of hydrogen-bond donors (Lipinski definition) is 2. The van der Waals surface area contributed by atoms with Gasteiger partial charge in [0.25, 0.3) is 5.91 Å². The molecule has 1 heterocycles. The predicted molar refractivity (Wildman–Crippen MR) is 147 cm³/mol. The fraction of sp³-hybridized carbons (Fsp3) is 0.360. The SMILES string of the molecule is CCn1c(SCC(=O)Nc2cccc(Cl)c2C)nnc1[C@@H](CCSC)NC(=O)c1ccc(OC)cc1. The Morgan fingerprint density at radius 2 is 1.92 bits per heavy atom. The zero-order chi connectivity index (χ0) is 26.1. The lowest BCUT2D eigenvalue weighted by molar-refractivity contribution is -0.113. The molecule has 11 heteroatoms. The van der Waals surface area contributed by atoms with Gasteiger partial charge in [0.15, 0.2) is 11.0 Å². The number of nitrogens with one attached hydrogen (secondary N) is 2. The van der Waals surface area contributed by atoms with Gasteiger partial charge in [0, 0.05) is 22.8 Å². The Kier molecular flexibility index (Phi) is 10.5. The number of nitrogens with zero attached hydrogens (tertiary/aromatic N) is 3. The molecule has 1 aromatic heterocycles. The van der Waals surface area contributed by atoms with E-state index in [1.807, 2.05) is 30.7 Å². The van der Waals surface area contributed by atoms with Crippen LogP contribution in [0, 0.1) is 6.92 Å². The minimum atomic E-state index is -0.322. The van der Waals surface area contributed by atoms with Crippen LogP contribution >= 0.6 is 35.1 Å². The first-order chi connectivity index (χ1) is 17.4. The van der Waals surface area contributed by atoms with Gasteiger partial charge in [-0.25, -0.2) is 0 Å². The first kappa shape index (κ1) is 27.9.